The largest absolute Gasteiger partial charge is 0.392 e. The number of nitrogens with zero attached hydrogens (tertiary/aromatic N) is 3. The summed E-state index contributed by atoms with van der Waals surface area (Å²) < 4.78 is 2.80. The van der Waals surface area contributed by atoms with Gasteiger partial charge in [-0.05, 0) is 54.2 Å². The molecule has 3 heterocycles. The Bertz CT molecular complexity index is 660. The highest BCUT2D eigenvalue weighted by atomic mass is 79.9. The molecule has 2 aromatic heterocycles. The fourth-order valence-corrected chi connectivity index (χ4v) is 3.30. The predicted octanol–water partition coefficient (Wildman–Crippen LogP) is 1.37. The molecular weight excluding hydrogens is 348 g/mol. The van der Waals surface area contributed by atoms with E-state index in [2.05, 4.69) is 31.2 Å². The molecule has 1 aliphatic rings. The van der Waals surface area contributed by atoms with Crippen LogP contribution in [0, 0.1) is 6.92 Å². The lowest BCUT2D eigenvalue weighted by atomic mass is 9.96. The first-order valence-corrected chi connectivity index (χ1v) is 8.41. The summed E-state index contributed by atoms with van der Waals surface area (Å²) in [6, 6.07) is -0.0395. The number of imidazole rings is 1. The van der Waals surface area contributed by atoms with E-state index in [4.69, 9.17) is 0 Å². The third kappa shape index (κ3) is 3.17. The van der Waals surface area contributed by atoms with Crippen molar-refractivity contribution in [2.45, 2.75) is 51.0 Å². The highest BCUT2D eigenvalue weighted by molar-refractivity contribution is 9.10. The first kappa shape index (κ1) is 15.9. The molecule has 22 heavy (non-hydrogen) atoms. The van der Waals surface area contributed by atoms with Gasteiger partial charge in [0.1, 0.15) is 5.52 Å². The highest BCUT2D eigenvalue weighted by Gasteiger charge is 2.25. The molecule has 0 bridgehead atoms. The Morgan fingerprint density at radius 1 is 1.50 bits per heavy atom. The molecule has 0 amide bonds. The maximum atomic E-state index is 10.3. The molecule has 0 aliphatic carbocycles. The van der Waals surface area contributed by atoms with Crippen LogP contribution in [0.3, 0.4) is 0 Å². The molecular formula is C15H21BrN4O2. The molecule has 6 nitrogen and oxygen atoms in total. The van der Waals surface area contributed by atoms with Gasteiger partial charge in [0.15, 0.2) is 5.65 Å². The number of aliphatic hydroxyl groups excluding tert-OH is 2. The van der Waals surface area contributed by atoms with Crippen LogP contribution in [0.1, 0.15) is 24.8 Å². The van der Waals surface area contributed by atoms with E-state index in [0.717, 1.165) is 40.6 Å². The van der Waals surface area contributed by atoms with E-state index >= 15 is 0 Å². The van der Waals surface area contributed by atoms with Gasteiger partial charge < -0.3 is 20.1 Å². The van der Waals surface area contributed by atoms with Crippen molar-refractivity contribution in [3.63, 3.8) is 0 Å². The van der Waals surface area contributed by atoms with Gasteiger partial charge in [0.25, 0.3) is 0 Å². The SMILES string of the molecule is Cc1c(Br)cnc2c1ncn2CC(O)C[C@H]1NCCC[C@@H]1O. The molecule has 0 radical (unpaired) electrons. The van der Waals surface area contributed by atoms with Crippen molar-refractivity contribution in [3.8, 4) is 0 Å². The molecule has 0 saturated carbocycles. The van der Waals surface area contributed by atoms with Gasteiger partial charge in [-0.3, -0.25) is 0 Å². The van der Waals surface area contributed by atoms with Crippen LogP contribution in [0.4, 0.5) is 0 Å². The minimum Gasteiger partial charge on any atom is -0.392 e. The topological polar surface area (TPSA) is 83.2 Å². The van der Waals surface area contributed by atoms with Gasteiger partial charge >= 0.3 is 0 Å². The van der Waals surface area contributed by atoms with Crippen LogP contribution in [-0.4, -0.2) is 49.5 Å². The van der Waals surface area contributed by atoms with Gasteiger partial charge in [0.05, 0.1) is 25.1 Å². The summed E-state index contributed by atoms with van der Waals surface area (Å²) in [6.07, 6.45) is 4.86. The number of aromatic nitrogens is 3. The zero-order valence-electron chi connectivity index (χ0n) is 12.5. The number of pyridine rings is 1. The number of rotatable bonds is 4. The quantitative estimate of drug-likeness (QED) is 0.758. The number of fused-ring (bicyclic) bond motifs is 1. The van der Waals surface area contributed by atoms with Gasteiger partial charge in [-0.2, -0.15) is 0 Å². The normalized spacial score (nSPS) is 23.8. The van der Waals surface area contributed by atoms with Crippen molar-refractivity contribution in [1.82, 2.24) is 19.9 Å². The average molecular weight is 369 g/mol. The minimum atomic E-state index is -0.548. The van der Waals surface area contributed by atoms with E-state index in [1.54, 1.807) is 12.5 Å². The number of hydrogen-bond acceptors (Lipinski definition) is 5. The molecule has 1 fully saturated rings. The Balaban J connectivity index is 1.71. The van der Waals surface area contributed by atoms with Gasteiger partial charge in [0.2, 0.25) is 0 Å². The molecule has 0 spiro atoms. The summed E-state index contributed by atoms with van der Waals surface area (Å²) in [5.74, 6) is 0. The minimum absolute atomic E-state index is 0.0395. The molecule has 1 unspecified atom stereocenters. The average Bonchev–Trinajstić information content (AvgIpc) is 2.89. The summed E-state index contributed by atoms with van der Waals surface area (Å²) in [4.78, 5) is 8.78. The van der Waals surface area contributed by atoms with E-state index in [-0.39, 0.29) is 12.1 Å². The van der Waals surface area contributed by atoms with Gasteiger partial charge in [-0.15, -0.1) is 0 Å². The van der Waals surface area contributed by atoms with E-state index in [1.807, 2.05) is 11.5 Å². The standard InChI is InChI=1S/C15H21BrN4O2/c1-9-11(16)6-18-15-14(9)19-8-20(15)7-10(21)5-12-13(22)3-2-4-17-12/h6,8,10,12-13,17,21-22H,2-5,7H2,1H3/t10?,12-,13+/m1/s1. The summed E-state index contributed by atoms with van der Waals surface area (Å²) in [5, 5.41) is 23.6. The first-order chi connectivity index (χ1) is 10.6. The molecule has 3 rings (SSSR count). The highest BCUT2D eigenvalue weighted by Crippen LogP contribution is 2.23. The fraction of sp³-hybridized carbons (Fsp3) is 0.600. The Kier molecular flexibility index (Phi) is 4.77. The number of hydrogen-bond donors (Lipinski definition) is 3. The summed E-state index contributed by atoms with van der Waals surface area (Å²) in [5.41, 5.74) is 2.66. The Morgan fingerprint density at radius 2 is 2.32 bits per heavy atom. The molecule has 7 heteroatoms. The van der Waals surface area contributed by atoms with Crippen LogP contribution in [0.2, 0.25) is 0 Å². The van der Waals surface area contributed by atoms with Crippen LogP contribution in [0.5, 0.6) is 0 Å². The van der Waals surface area contributed by atoms with Crippen molar-refractivity contribution in [1.29, 1.82) is 0 Å². The Labute approximate surface area is 137 Å². The molecule has 0 aromatic carbocycles. The lowest BCUT2D eigenvalue weighted by Gasteiger charge is -2.30. The first-order valence-electron chi connectivity index (χ1n) is 7.61. The lowest BCUT2D eigenvalue weighted by Crippen LogP contribution is -2.46. The van der Waals surface area contributed by atoms with E-state index < -0.39 is 6.10 Å². The number of nitrogens with one attached hydrogen (secondary N) is 1. The lowest BCUT2D eigenvalue weighted by molar-refractivity contribution is 0.0546. The van der Waals surface area contributed by atoms with Gasteiger partial charge in [-0.1, -0.05) is 0 Å². The van der Waals surface area contributed by atoms with Gasteiger partial charge in [0, 0.05) is 16.7 Å². The molecule has 1 aliphatic heterocycles. The summed E-state index contributed by atoms with van der Waals surface area (Å²) in [6.45, 7) is 3.32. The third-order valence-electron chi connectivity index (χ3n) is 4.30. The van der Waals surface area contributed by atoms with E-state index in [1.165, 1.54) is 0 Å². The van der Waals surface area contributed by atoms with Crippen molar-refractivity contribution >= 4 is 27.1 Å². The zero-order valence-corrected chi connectivity index (χ0v) is 14.1. The van der Waals surface area contributed by atoms with Crippen LogP contribution < -0.4 is 5.32 Å². The maximum Gasteiger partial charge on any atom is 0.160 e. The van der Waals surface area contributed by atoms with Gasteiger partial charge in [-0.25, -0.2) is 9.97 Å². The van der Waals surface area contributed by atoms with Crippen LogP contribution in [-0.2, 0) is 6.54 Å². The second kappa shape index (κ2) is 6.62. The second-order valence-corrected chi connectivity index (χ2v) is 6.81. The second-order valence-electron chi connectivity index (χ2n) is 5.96. The van der Waals surface area contributed by atoms with Crippen molar-refractivity contribution < 1.29 is 10.2 Å². The van der Waals surface area contributed by atoms with Crippen molar-refractivity contribution in [2.75, 3.05) is 6.54 Å². The predicted molar refractivity (Wildman–Crippen MR) is 87.6 cm³/mol. The molecule has 3 N–H and O–H groups in total. The molecule has 1 saturated heterocycles. The number of aliphatic hydroxyl groups is 2. The van der Waals surface area contributed by atoms with Crippen molar-refractivity contribution in [2.24, 2.45) is 0 Å². The zero-order chi connectivity index (χ0) is 15.7. The number of halogens is 1. The number of aryl methyl sites for hydroxylation is 1. The Hall–Kier alpha value is -1.02. The monoisotopic (exact) mass is 368 g/mol. The van der Waals surface area contributed by atoms with E-state index in [9.17, 15) is 10.2 Å². The van der Waals surface area contributed by atoms with E-state index in [0.29, 0.717) is 13.0 Å². The summed E-state index contributed by atoms with van der Waals surface area (Å²) in [7, 11) is 0. The number of piperidine rings is 1. The maximum absolute atomic E-state index is 10.3. The molecule has 3 atom stereocenters. The van der Waals surface area contributed by atoms with Crippen LogP contribution in [0.25, 0.3) is 11.2 Å². The van der Waals surface area contributed by atoms with Crippen LogP contribution >= 0.6 is 15.9 Å². The Morgan fingerprint density at radius 3 is 3.09 bits per heavy atom. The summed E-state index contributed by atoms with van der Waals surface area (Å²) >= 11 is 3.45. The smallest absolute Gasteiger partial charge is 0.160 e. The van der Waals surface area contributed by atoms with Crippen molar-refractivity contribution in [3.05, 3.63) is 22.6 Å². The third-order valence-corrected chi connectivity index (χ3v) is 5.10. The molecule has 120 valence electrons. The fourth-order valence-electron chi connectivity index (χ4n) is 3.01. The molecule has 2 aromatic rings. The van der Waals surface area contributed by atoms with Crippen LogP contribution in [0.15, 0.2) is 17.0 Å².